The summed E-state index contributed by atoms with van der Waals surface area (Å²) in [6.07, 6.45) is 1.62. The predicted molar refractivity (Wildman–Crippen MR) is 128 cm³/mol. The Morgan fingerprint density at radius 3 is 2.77 bits per heavy atom. The fourth-order valence-electron chi connectivity index (χ4n) is 3.35. The average Bonchev–Trinajstić information content (AvgIpc) is 2.71. The number of carbonyl (C=O) groups is 1. The molecule has 0 bridgehead atoms. The number of ether oxygens (including phenoxy) is 2. The van der Waals surface area contributed by atoms with Crippen molar-refractivity contribution in [2.45, 2.75) is 19.9 Å². The van der Waals surface area contributed by atoms with E-state index in [1.165, 1.54) is 7.11 Å². The van der Waals surface area contributed by atoms with E-state index in [2.05, 4.69) is 22.5 Å². The van der Waals surface area contributed by atoms with Gasteiger partial charge in [-0.25, -0.2) is 0 Å². The van der Waals surface area contributed by atoms with E-state index < -0.39 is 6.04 Å². The first-order valence-electron chi connectivity index (χ1n) is 9.61. The van der Waals surface area contributed by atoms with Crippen LogP contribution < -0.4 is 25.4 Å². The molecule has 0 aliphatic carbocycles. The average molecular weight is 458 g/mol. The lowest BCUT2D eigenvalue weighted by Gasteiger charge is -2.31. The minimum Gasteiger partial charge on any atom is -0.493 e. The van der Waals surface area contributed by atoms with Crippen LogP contribution in [-0.4, -0.2) is 24.7 Å². The number of nitrogens with one attached hydrogen (secondary N) is 3. The second kappa shape index (κ2) is 9.85. The molecule has 0 unspecified atom stereocenters. The number of anilines is 1. The number of halogens is 1. The van der Waals surface area contributed by atoms with Crippen LogP contribution in [0.3, 0.4) is 0 Å². The molecular weight excluding hydrogens is 434 g/mol. The highest BCUT2D eigenvalue weighted by atomic mass is 35.5. The molecule has 6 nitrogen and oxygen atoms in total. The van der Waals surface area contributed by atoms with Crippen LogP contribution in [0.1, 0.15) is 24.1 Å². The first kappa shape index (κ1) is 22.7. The zero-order valence-corrected chi connectivity index (χ0v) is 19.1. The Morgan fingerprint density at radius 1 is 1.32 bits per heavy atom. The standard InChI is InChI=1S/C23H24ClN3O3S/c1-5-9-30-21-17(24)11-15(12-18(21)29-4)20-19(14(3)25-23(31)27-20)22(28)26-16-8-6-7-13(2)10-16/h5-8,10-12,20H,1,9H2,2-4H3,(H,26,28)(H2,25,27,31)/t20-/m0/s1. The number of allylic oxidation sites excluding steroid dienone is 1. The fraction of sp³-hybridized carbons (Fsp3) is 0.217. The number of carbonyl (C=O) groups excluding carboxylic acids is 1. The largest absolute Gasteiger partial charge is 0.493 e. The van der Waals surface area contributed by atoms with E-state index in [9.17, 15) is 4.79 Å². The summed E-state index contributed by atoms with van der Waals surface area (Å²) < 4.78 is 11.1. The van der Waals surface area contributed by atoms with Gasteiger partial charge in [-0.3, -0.25) is 4.79 Å². The van der Waals surface area contributed by atoms with Crippen LogP contribution in [0.5, 0.6) is 11.5 Å². The molecule has 1 heterocycles. The third-order valence-corrected chi connectivity index (χ3v) is 5.22. The van der Waals surface area contributed by atoms with Crippen molar-refractivity contribution >= 4 is 40.5 Å². The molecule has 0 fully saturated rings. The lowest BCUT2D eigenvalue weighted by atomic mass is 9.94. The van der Waals surface area contributed by atoms with Crippen molar-refractivity contribution in [3.05, 3.63) is 76.5 Å². The number of methoxy groups -OCH3 is 1. The number of thiocarbonyl (C=S) groups is 1. The van der Waals surface area contributed by atoms with Crippen molar-refractivity contribution < 1.29 is 14.3 Å². The van der Waals surface area contributed by atoms with Gasteiger partial charge in [0.15, 0.2) is 16.6 Å². The summed E-state index contributed by atoms with van der Waals surface area (Å²) >= 11 is 11.8. The molecule has 0 saturated carbocycles. The minimum absolute atomic E-state index is 0.252. The van der Waals surface area contributed by atoms with E-state index in [0.717, 1.165) is 5.56 Å². The van der Waals surface area contributed by atoms with Crippen LogP contribution in [-0.2, 0) is 4.79 Å². The number of amides is 1. The molecular formula is C23H24ClN3O3S. The van der Waals surface area contributed by atoms with E-state index in [1.807, 2.05) is 38.1 Å². The maximum Gasteiger partial charge on any atom is 0.255 e. The van der Waals surface area contributed by atoms with Crippen molar-refractivity contribution in [2.24, 2.45) is 0 Å². The normalized spacial score (nSPS) is 15.6. The molecule has 2 aromatic rings. The molecule has 3 rings (SSSR count). The molecule has 0 spiro atoms. The van der Waals surface area contributed by atoms with Crippen molar-refractivity contribution in [1.29, 1.82) is 0 Å². The van der Waals surface area contributed by atoms with Crippen molar-refractivity contribution in [2.75, 3.05) is 19.0 Å². The molecule has 3 N–H and O–H groups in total. The van der Waals surface area contributed by atoms with E-state index >= 15 is 0 Å². The zero-order valence-electron chi connectivity index (χ0n) is 17.5. The van der Waals surface area contributed by atoms with Crippen molar-refractivity contribution in [3.8, 4) is 11.5 Å². The predicted octanol–water partition coefficient (Wildman–Crippen LogP) is 4.65. The number of hydrogen-bond acceptors (Lipinski definition) is 4. The topological polar surface area (TPSA) is 71.6 Å². The maximum atomic E-state index is 13.2. The van der Waals surface area contributed by atoms with Gasteiger partial charge in [-0.2, -0.15) is 0 Å². The summed E-state index contributed by atoms with van der Waals surface area (Å²) in [7, 11) is 1.53. The molecule has 0 aromatic heterocycles. The minimum atomic E-state index is -0.529. The Bertz CT molecular complexity index is 1070. The highest BCUT2D eigenvalue weighted by molar-refractivity contribution is 7.80. The van der Waals surface area contributed by atoms with Gasteiger partial charge in [0, 0.05) is 11.4 Å². The summed E-state index contributed by atoms with van der Waals surface area (Å²) in [5, 5.41) is 9.92. The van der Waals surface area contributed by atoms with Gasteiger partial charge >= 0.3 is 0 Å². The third-order valence-electron chi connectivity index (χ3n) is 4.72. The molecule has 0 radical (unpaired) electrons. The molecule has 162 valence electrons. The molecule has 1 amide bonds. The first-order chi connectivity index (χ1) is 14.8. The van der Waals surface area contributed by atoms with E-state index in [1.54, 1.807) is 18.2 Å². The number of hydrogen-bond donors (Lipinski definition) is 3. The number of aryl methyl sites for hydroxylation is 1. The fourth-order valence-corrected chi connectivity index (χ4v) is 3.90. The SMILES string of the molecule is C=CCOc1c(Cl)cc([C@@H]2NC(=S)NC(C)=C2C(=O)Nc2cccc(C)c2)cc1OC. The first-order valence-corrected chi connectivity index (χ1v) is 10.4. The van der Waals surface area contributed by atoms with Gasteiger partial charge in [-0.15, -0.1) is 0 Å². The maximum absolute atomic E-state index is 13.2. The van der Waals surface area contributed by atoms with Crippen LogP contribution >= 0.6 is 23.8 Å². The lowest BCUT2D eigenvalue weighted by molar-refractivity contribution is -0.113. The highest BCUT2D eigenvalue weighted by Gasteiger charge is 2.31. The van der Waals surface area contributed by atoms with Crippen LogP contribution in [0.2, 0.25) is 5.02 Å². The monoisotopic (exact) mass is 457 g/mol. The highest BCUT2D eigenvalue weighted by Crippen LogP contribution is 2.40. The van der Waals surface area contributed by atoms with Crippen molar-refractivity contribution in [3.63, 3.8) is 0 Å². The van der Waals surface area contributed by atoms with Gasteiger partial charge in [0.25, 0.3) is 5.91 Å². The zero-order chi connectivity index (χ0) is 22.5. The summed E-state index contributed by atoms with van der Waals surface area (Å²) in [5.74, 6) is 0.611. The molecule has 1 aliphatic heterocycles. The van der Waals surface area contributed by atoms with Crippen molar-refractivity contribution in [1.82, 2.24) is 10.6 Å². The summed E-state index contributed by atoms with van der Waals surface area (Å²) in [4.78, 5) is 13.2. The Hall–Kier alpha value is -3.03. The Labute approximate surface area is 192 Å². The van der Waals surface area contributed by atoms with Gasteiger partial charge in [0.1, 0.15) is 6.61 Å². The van der Waals surface area contributed by atoms with Gasteiger partial charge in [0.2, 0.25) is 0 Å². The molecule has 31 heavy (non-hydrogen) atoms. The molecule has 8 heteroatoms. The number of benzene rings is 2. The Kier molecular flexibility index (Phi) is 7.20. The summed E-state index contributed by atoms with van der Waals surface area (Å²) in [5.41, 5.74) is 3.62. The second-order valence-electron chi connectivity index (χ2n) is 7.03. The van der Waals surface area contributed by atoms with Crippen LogP contribution in [0.25, 0.3) is 0 Å². The van der Waals surface area contributed by atoms with Gasteiger partial charge in [0.05, 0.1) is 23.7 Å². The van der Waals surface area contributed by atoms with Gasteiger partial charge < -0.3 is 25.4 Å². The quantitative estimate of drug-likeness (QED) is 0.415. The smallest absolute Gasteiger partial charge is 0.255 e. The van der Waals surface area contributed by atoms with Crippen LogP contribution in [0.4, 0.5) is 5.69 Å². The van der Waals surface area contributed by atoms with Crippen LogP contribution in [0, 0.1) is 6.92 Å². The molecule has 1 atom stereocenters. The lowest BCUT2D eigenvalue weighted by Crippen LogP contribution is -2.45. The van der Waals surface area contributed by atoms with E-state index in [4.69, 9.17) is 33.3 Å². The molecule has 1 aliphatic rings. The Balaban J connectivity index is 2.00. The van der Waals surface area contributed by atoms with Crippen LogP contribution in [0.15, 0.2) is 60.3 Å². The van der Waals surface area contributed by atoms with Gasteiger partial charge in [-0.1, -0.05) is 36.4 Å². The van der Waals surface area contributed by atoms with Gasteiger partial charge in [-0.05, 0) is 61.5 Å². The Morgan fingerprint density at radius 2 is 2.10 bits per heavy atom. The van der Waals surface area contributed by atoms with E-state index in [-0.39, 0.29) is 12.5 Å². The third kappa shape index (κ3) is 5.18. The molecule has 2 aromatic carbocycles. The van der Waals surface area contributed by atoms with E-state index in [0.29, 0.717) is 44.2 Å². The summed E-state index contributed by atoms with van der Waals surface area (Å²) in [6.45, 7) is 7.71. The second-order valence-corrected chi connectivity index (χ2v) is 7.84. The number of rotatable bonds is 7. The summed E-state index contributed by atoms with van der Waals surface area (Å²) in [6, 6.07) is 10.6. The molecule has 0 saturated heterocycles.